The summed E-state index contributed by atoms with van der Waals surface area (Å²) in [6.45, 7) is 11.5. The second-order valence-corrected chi connectivity index (χ2v) is 6.04. The first kappa shape index (κ1) is 15.7. The molecular weight excluding hydrogens is 192 g/mol. The van der Waals surface area contributed by atoms with E-state index >= 15 is 0 Å². The second-order valence-electron chi connectivity index (χ2n) is 6.04. The standard InChI is InChI=1S/C16H32/c1-6-8-9-10-11-12-13-15(7-2)14-16(3,4)5/h14H,6-13H2,1-5H3/b15-14+. The normalized spacial score (nSPS) is 13.2. The number of hydrogen-bond acceptors (Lipinski definition) is 0. The lowest BCUT2D eigenvalue weighted by atomic mass is 9.91. The zero-order chi connectivity index (χ0) is 12.4. The van der Waals surface area contributed by atoms with E-state index in [1.54, 1.807) is 5.57 Å². The lowest BCUT2D eigenvalue weighted by Gasteiger charge is -2.15. The zero-order valence-corrected chi connectivity index (χ0v) is 12.2. The minimum absolute atomic E-state index is 0.355. The van der Waals surface area contributed by atoms with Crippen LogP contribution in [-0.4, -0.2) is 0 Å². The Labute approximate surface area is 104 Å². The van der Waals surface area contributed by atoms with E-state index in [0.717, 1.165) is 0 Å². The summed E-state index contributed by atoms with van der Waals surface area (Å²) in [6.07, 6.45) is 13.5. The van der Waals surface area contributed by atoms with Crippen molar-refractivity contribution in [3.63, 3.8) is 0 Å². The van der Waals surface area contributed by atoms with Crippen LogP contribution >= 0.6 is 0 Å². The highest BCUT2D eigenvalue weighted by Crippen LogP contribution is 2.22. The van der Waals surface area contributed by atoms with Gasteiger partial charge in [0.05, 0.1) is 0 Å². The highest BCUT2D eigenvalue weighted by atomic mass is 14.1. The van der Waals surface area contributed by atoms with Crippen LogP contribution in [-0.2, 0) is 0 Å². The Balaban J connectivity index is 3.68. The van der Waals surface area contributed by atoms with Crippen LogP contribution in [0.25, 0.3) is 0 Å². The molecule has 0 aromatic rings. The molecular formula is C16H32. The van der Waals surface area contributed by atoms with Crippen molar-refractivity contribution >= 4 is 0 Å². The van der Waals surface area contributed by atoms with Crippen molar-refractivity contribution in [2.45, 2.75) is 86.0 Å². The summed E-state index contributed by atoms with van der Waals surface area (Å²) in [5.41, 5.74) is 2.01. The first-order valence-electron chi connectivity index (χ1n) is 7.20. The molecule has 0 aromatic carbocycles. The first-order valence-corrected chi connectivity index (χ1v) is 7.20. The third kappa shape index (κ3) is 10.3. The molecule has 0 rings (SSSR count). The molecule has 0 unspecified atom stereocenters. The Bertz CT molecular complexity index is 181. The maximum absolute atomic E-state index is 2.47. The van der Waals surface area contributed by atoms with Gasteiger partial charge in [-0.2, -0.15) is 0 Å². The van der Waals surface area contributed by atoms with E-state index in [0.29, 0.717) is 5.41 Å². The lowest BCUT2D eigenvalue weighted by molar-refractivity contribution is 0.531. The van der Waals surface area contributed by atoms with Crippen LogP contribution in [0.5, 0.6) is 0 Å². The zero-order valence-electron chi connectivity index (χ0n) is 12.2. The van der Waals surface area contributed by atoms with Crippen LogP contribution in [0.3, 0.4) is 0 Å². The summed E-state index contributed by atoms with van der Waals surface area (Å²) in [7, 11) is 0. The molecule has 0 heterocycles. The van der Waals surface area contributed by atoms with Gasteiger partial charge in [-0.3, -0.25) is 0 Å². The molecule has 0 bridgehead atoms. The fraction of sp³-hybridized carbons (Fsp3) is 0.875. The molecule has 0 nitrogen and oxygen atoms in total. The minimum atomic E-state index is 0.355. The van der Waals surface area contributed by atoms with E-state index in [4.69, 9.17) is 0 Å². The molecule has 0 radical (unpaired) electrons. The van der Waals surface area contributed by atoms with Crippen molar-refractivity contribution in [2.75, 3.05) is 0 Å². The van der Waals surface area contributed by atoms with Gasteiger partial charge < -0.3 is 0 Å². The highest BCUT2D eigenvalue weighted by molar-refractivity contribution is 5.06. The molecule has 0 aliphatic heterocycles. The molecule has 0 aliphatic rings. The molecule has 16 heavy (non-hydrogen) atoms. The fourth-order valence-electron chi connectivity index (χ4n) is 2.10. The molecule has 0 amide bonds. The molecule has 0 aromatic heterocycles. The van der Waals surface area contributed by atoms with Crippen molar-refractivity contribution in [1.29, 1.82) is 0 Å². The fourth-order valence-corrected chi connectivity index (χ4v) is 2.10. The van der Waals surface area contributed by atoms with Gasteiger partial charge in [0.1, 0.15) is 0 Å². The van der Waals surface area contributed by atoms with E-state index in [1.807, 2.05) is 0 Å². The van der Waals surface area contributed by atoms with Gasteiger partial charge >= 0.3 is 0 Å². The van der Waals surface area contributed by atoms with Gasteiger partial charge in [0.2, 0.25) is 0 Å². The van der Waals surface area contributed by atoms with Crippen molar-refractivity contribution in [3.8, 4) is 0 Å². The van der Waals surface area contributed by atoms with E-state index in [9.17, 15) is 0 Å². The summed E-state index contributed by atoms with van der Waals surface area (Å²) in [5, 5.41) is 0. The van der Waals surface area contributed by atoms with Gasteiger partial charge in [-0.05, 0) is 24.7 Å². The summed E-state index contributed by atoms with van der Waals surface area (Å²) in [4.78, 5) is 0. The van der Waals surface area contributed by atoms with Gasteiger partial charge in [0, 0.05) is 0 Å². The van der Waals surface area contributed by atoms with Crippen LogP contribution in [0, 0.1) is 5.41 Å². The van der Waals surface area contributed by atoms with Crippen molar-refractivity contribution in [3.05, 3.63) is 11.6 Å². The topological polar surface area (TPSA) is 0 Å². The Hall–Kier alpha value is -0.260. The van der Waals surface area contributed by atoms with E-state index < -0.39 is 0 Å². The molecule has 0 fully saturated rings. The van der Waals surface area contributed by atoms with Gasteiger partial charge in [-0.15, -0.1) is 0 Å². The lowest BCUT2D eigenvalue weighted by Crippen LogP contribution is -2.01. The van der Waals surface area contributed by atoms with Gasteiger partial charge in [-0.25, -0.2) is 0 Å². The third-order valence-electron chi connectivity index (χ3n) is 2.94. The van der Waals surface area contributed by atoms with Crippen molar-refractivity contribution < 1.29 is 0 Å². The Morgan fingerprint density at radius 3 is 1.94 bits per heavy atom. The first-order chi connectivity index (χ1) is 7.49. The van der Waals surface area contributed by atoms with Crippen LogP contribution < -0.4 is 0 Å². The van der Waals surface area contributed by atoms with Gasteiger partial charge in [0.15, 0.2) is 0 Å². The predicted octanol–water partition coefficient (Wildman–Crippen LogP) is 6.12. The van der Waals surface area contributed by atoms with Crippen molar-refractivity contribution in [2.24, 2.45) is 5.41 Å². The van der Waals surface area contributed by atoms with Gasteiger partial charge in [-0.1, -0.05) is 78.4 Å². The smallest absolute Gasteiger partial charge is 0.0200 e. The van der Waals surface area contributed by atoms with E-state index in [1.165, 1.54) is 51.4 Å². The highest BCUT2D eigenvalue weighted by Gasteiger charge is 2.07. The molecule has 96 valence electrons. The Kier molecular flexibility index (Phi) is 8.70. The Morgan fingerprint density at radius 2 is 1.44 bits per heavy atom. The van der Waals surface area contributed by atoms with Crippen LogP contribution in [0.4, 0.5) is 0 Å². The van der Waals surface area contributed by atoms with Crippen LogP contribution in [0.2, 0.25) is 0 Å². The minimum Gasteiger partial charge on any atom is -0.0799 e. The molecule has 0 heteroatoms. The average Bonchev–Trinajstić information content (AvgIpc) is 2.19. The predicted molar refractivity (Wildman–Crippen MR) is 75.8 cm³/mol. The third-order valence-corrected chi connectivity index (χ3v) is 2.94. The van der Waals surface area contributed by atoms with Crippen LogP contribution in [0.15, 0.2) is 11.6 Å². The van der Waals surface area contributed by atoms with E-state index in [-0.39, 0.29) is 0 Å². The molecule has 0 aliphatic carbocycles. The summed E-state index contributed by atoms with van der Waals surface area (Å²) in [6, 6.07) is 0. The molecule has 0 spiro atoms. The number of allylic oxidation sites excluding steroid dienone is 2. The molecule has 0 N–H and O–H groups in total. The van der Waals surface area contributed by atoms with Crippen molar-refractivity contribution in [1.82, 2.24) is 0 Å². The second kappa shape index (κ2) is 8.84. The summed E-state index contributed by atoms with van der Waals surface area (Å²) in [5.74, 6) is 0. The summed E-state index contributed by atoms with van der Waals surface area (Å²) >= 11 is 0. The monoisotopic (exact) mass is 224 g/mol. The average molecular weight is 224 g/mol. The number of rotatable bonds is 8. The summed E-state index contributed by atoms with van der Waals surface area (Å²) < 4.78 is 0. The van der Waals surface area contributed by atoms with Crippen LogP contribution in [0.1, 0.15) is 86.0 Å². The largest absolute Gasteiger partial charge is 0.0799 e. The number of unbranched alkanes of at least 4 members (excludes halogenated alkanes) is 5. The maximum Gasteiger partial charge on any atom is -0.0200 e. The molecule has 0 saturated carbocycles. The number of hydrogen-bond donors (Lipinski definition) is 0. The molecule has 0 saturated heterocycles. The Morgan fingerprint density at radius 1 is 0.875 bits per heavy atom. The molecule has 0 atom stereocenters. The van der Waals surface area contributed by atoms with Gasteiger partial charge in [0.25, 0.3) is 0 Å². The SMILES string of the molecule is CCCCCCCC/C(=C/C(C)(C)C)CC. The van der Waals surface area contributed by atoms with E-state index in [2.05, 4.69) is 40.7 Å². The quantitative estimate of drug-likeness (QED) is 0.344. The maximum atomic E-state index is 2.47.